The predicted octanol–water partition coefficient (Wildman–Crippen LogP) is -0.373. The summed E-state index contributed by atoms with van der Waals surface area (Å²) >= 11 is 0. The van der Waals surface area contributed by atoms with Gasteiger partial charge in [0.05, 0.1) is 19.6 Å². The minimum absolute atomic E-state index is 0.0704. The maximum Gasteiger partial charge on any atom is 0.317 e. The smallest absolute Gasteiger partial charge is 0.317 e. The van der Waals surface area contributed by atoms with Crippen LogP contribution in [0.4, 0.5) is 0 Å². The average Bonchev–Trinajstić information content (AvgIpc) is 2.99. The summed E-state index contributed by atoms with van der Waals surface area (Å²) in [6.07, 6.45) is 7.20. The lowest BCUT2D eigenvalue weighted by atomic mass is 10.4. The van der Waals surface area contributed by atoms with Crippen molar-refractivity contribution in [2.45, 2.75) is 18.9 Å². The fourth-order valence-corrected chi connectivity index (χ4v) is 1.46. The first-order chi connectivity index (χ1) is 7.54. The molecule has 0 radical (unpaired) electrons. The van der Waals surface area contributed by atoms with Crippen molar-refractivity contribution >= 4 is 11.9 Å². The molecule has 1 amide bonds. The van der Waals surface area contributed by atoms with E-state index in [1.807, 2.05) is 0 Å². The van der Waals surface area contributed by atoms with E-state index in [4.69, 9.17) is 11.5 Å². The Kier molecular flexibility index (Phi) is 4.32. The lowest BCUT2D eigenvalue weighted by Gasteiger charge is -2.22. The van der Waals surface area contributed by atoms with Gasteiger partial charge in [-0.05, 0) is 12.8 Å². The van der Waals surface area contributed by atoms with E-state index in [9.17, 15) is 9.59 Å². The van der Waals surface area contributed by atoms with Crippen molar-refractivity contribution in [3.63, 3.8) is 0 Å². The van der Waals surface area contributed by atoms with Crippen LogP contribution in [-0.4, -0.2) is 59.5 Å². The summed E-state index contributed by atoms with van der Waals surface area (Å²) in [6, 6.07) is 0.338. The molecule has 1 aliphatic rings. The molecular weight excluding hydrogens is 208 g/mol. The molecule has 0 aliphatic heterocycles. The number of carboxylic acid groups (broad SMARTS) is 1. The maximum absolute atomic E-state index is 11.7. The molecule has 0 aromatic heterocycles. The molecule has 0 unspecified atom stereocenters. The molecule has 0 spiro atoms. The van der Waals surface area contributed by atoms with Crippen molar-refractivity contribution in [1.29, 1.82) is 0 Å². The van der Waals surface area contributed by atoms with Gasteiger partial charge in [-0.2, -0.15) is 0 Å². The monoisotopic (exact) mass is 224 g/mol. The van der Waals surface area contributed by atoms with Crippen molar-refractivity contribution in [2.75, 3.05) is 26.7 Å². The van der Waals surface area contributed by atoms with E-state index in [1.165, 1.54) is 4.90 Å². The minimum atomic E-state index is -0.975. The quantitative estimate of drug-likeness (QED) is 0.625. The molecule has 1 N–H and O–H groups in total. The first-order valence-electron chi connectivity index (χ1n) is 5.18. The van der Waals surface area contributed by atoms with Crippen LogP contribution in [-0.2, 0) is 9.59 Å². The normalized spacial score (nSPS) is 14.6. The van der Waals surface area contributed by atoms with E-state index >= 15 is 0 Å². The van der Waals surface area contributed by atoms with Crippen molar-refractivity contribution in [3.05, 3.63) is 0 Å². The van der Waals surface area contributed by atoms with Gasteiger partial charge in [0.15, 0.2) is 0 Å². The van der Waals surface area contributed by atoms with E-state index in [0.717, 1.165) is 12.8 Å². The van der Waals surface area contributed by atoms with Gasteiger partial charge in [0.25, 0.3) is 0 Å². The van der Waals surface area contributed by atoms with Gasteiger partial charge in [0.2, 0.25) is 5.91 Å². The number of carboxylic acids is 1. The Morgan fingerprint density at radius 3 is 2.50 bits per heavy atom. The zero-order valence-electron chi connectivity index (χ0n) is 9.35. The molecule has 88 valence electrons. The molecule has 5 heteroatoms. The fourth-order valence-electron chi connectivity index (χ4n) is 1.46. The van der Waals surface area contributed by atoms with Crippen molar-refractivity contribution in [3.8, 4) is 12.3 Å². The molecule has 1 rings (SSSR count). The lowest BCUT2D eigenvalue weighted by Crippen LogP contribution is -2.41. The number of likely N-dealkylation sites (N-methyl/N-ethyl adjacent to an activating group) is 1. The second kappa shape index (κ2) is 5.52. The van der Waals surface area contributed by atoms with Crippen LogP contribution in [0.15, 0.2) is 0 Å². The molecule has 1 aliphatic carbocycles. The Hall–Kier alpha value is -1.54. The number of amides is 1. The number of aliphatic carboxylic acids is 1. The average molecular weight is 224 g/mol. The largest absolute Gasteiger partial charge is 0.480 e. The molecule has 1 fully saturated rings. The number of carbonyl (C=O) groups is 2. The van der Waals surface area contributed by atoms with Gasteiger partial charge >= 0.3 is 5.97 Å². The Morgan fingerprint density at radius 2 is 2.06 bits per heavy atom. The van der Waals surface area contributed by atoms with E-state index in [1.54, 1.807) is 11.9 Å². The third kappa shape index (κ3) is 3.91. The van der Waals surface area contributed by atoms with Gasteiger partial charge in [-0.3, -0.25) is 14.5 Å². The molecular formula is C11H16N2O3. The Morgan fingerprint density at radius 1 is 1.44 bits per heavy atom. The third-order valence-electron chi connectivity index (χ3n) is 2.52. The van der Waals surface area contributed by atoms with Crippen LogP contribution in [0.1, 0.15) is 12.8 Å². The first kappa shape index (κ1) is 12.5. The summed E-state index contributed by atoms with van der Waals surface area (Å²) in [6.45, 7) is 0.0501. The summed E-state index contributed by atoms with van der Waals surface area (Å²) < 4.78 is 0. The van der Waals surface area contributed by atoms with Crippen LogP contribution in [0.3, 0.4) is 0 Å². The van der Waals surface area contributed by atoms with Crippen LogP contribution in [0.25, 0.3) is 0 Å². The molecule has 0 aromatic rings. The number of rotatable bonds is 6. The van der Waals surface area contributed by atoms with E-state index in [0.29, 0.717) is 6.04 Å². The highest BCUT2D eigenvalue weighted by Gasteiger charge is 2.30. The molecule has 5 nitrogen and oxygen atoms in total. The van der Waals surface area contributed by atoms with Gasteiger partial charge in [-0.25, -0.2) is 0 Å². The topological polar surface area (TPSA) is 60.9 Å². The number of hydrogen-bond acceptors (Lipinski definition) is 3. The zero-order valence-corrected chi connectivity index (χ0v) is 9.35. The Balaban J connectivity index is 2.43. The van der Waals surface area contributed by atoms with E-state index < -0.39 is 5.97 Å². The molecule has 1 saturated carbocycles. The van der Waals surface area contributed by atoms with Gasteiger partial charge in [0, 0.05) is 13.1 Å². The van der Waals surface area contributed by atoms with Crippen molar-refractivity contribution in [2.24, 2.45) is 0 Å². The van der Waals surface area contributed by atoms with Gasteiger partial charge in [-0.1, -0.05) is 5.92 Å². The summed E-state index contributed by atoms with van der Waals surface area (Å²) in [5.41, 5.74) is 0. The highest BCUT2D eigenvalue weighted by Crippen LogP contribution is 2.25. The summed E-state index contributed by atoms with van der Waals surface area (Å²) in [5.74, 6) is 1.31. The van der Waals surface area contributed by atoms with Gasteiger partial charge < -0.3 is 10.0 Å². The fraction of sp³-hybridized carbons (Fsp3) is 0.636. The number of carbonyl (C=O) groups excluding carboxylic acids is 1. The van der Waals surface area contributed by atoms with Crippen molar-refractivity contribution in [1.82, 2.24) is 9.80 Å². The van der Waals surface area contributed by atoms with Crippen LogP contribution in [0.5, 0.6) is 0 Å². The van der Waals surface area contributed by atoms with Crippen LogP contribution < -0.4 is 0 Å². The minimum Gasteiger partial charge on any atom is -0.480 e. The zero-order chi connectivity index (χ0) is 12.1. The molecule has 0 saturated heterocycles. The van der Waals surface area contributed by atoms with Crippen LogP contribution in [0.2, 0.25) is 0 Å². The van der Waals surface area contributed by atoms with Crippen LogP contribution >= 0.6 is 0 Å². The van der Waals surface area contributed by atoms with Gasteiger partial charge in [0.1, 0.15) is 0 Å². The second-order valence-corrected chi connectivity index (χ2v) is 3.98. The molecule has 0 atom stereocenters. The highest BCUT2D eigenvalue weighted by atomic mass is 16.4. The maximum atomic E-state index is 11.7. The number of nitrogens with zero attached hydrogens (tertiary/aromatic N) is 2. The highest BCUT2D eigenvalue weighted by molar-refractivity contribution is 5.79. The molecule has 0 heterocycles. The van der Waals surface area contributed by atoms with E-state index in [-0.39, 0.29) is 25.5 Å². The lowest BCUT2D eigenvalue weighted by molar-refractivity contribution is -0.139. The predicted molar refractivity (Wildman–Crippen MR) is 58.7 cm³/mol. The molecule has 0 bridgehead atoms. The van der Waals surface area contributed by atoms with Crippen molar-refractivity contribution < 1.29 is 14.7 Å². The van der Waals surface area contributed by atoms with Gasteiger partial charge in [-0.15, -0.1) is 6.42 Å². The summed E-state index contributed by atoms with van der Waals surface area (Å²) in [5, 5.41) is 8.65. The second-order valence-electron chi connectivity index (χ2n) is 3.98. The van der Waals surface area contributed by atoms with Crippen LogP contribution in [0, 0.1) is 12.3 Å². The standard InChI is InChI=1S/C11H16N2O3/c1-3-6-13(8-11(15)16)7-10(14)12(2)9-4-5-9/h1,9H,4-8H2,2H3,(H,15,16). The SMILES string of the molecule is C#CCN(CC(=O)O)CC(=O)N(C)C1CC1. The number of terminal acetylenes is 1. The molecule has 16 heavy (non-hydrogen) atoms. The Labute approximate surface area is 95.0 Å². The third-order valence-corrected chi connectivity index (χ3v) is 2.52. The first-order valence-corrected chi connectivity index (χ1v) is 5.18. The molecule has 0 aromatic carbocycles. The number of hydrogen-bond donors (Lipinski definition) is 1. The summed E-state index contributed by atoms with van der Waals surface area (Å²) in [7, 11) is 1.74. The van der Waals surface area contributed by atoms with E-state index in [2.05, 4.69) is 5.92 Å². The Bertz CT molecular complexity index is 318. The summed E-state index contributed by atoms with van der Waals surface area (Å²) in [4.78, 5) is 25.4.